The Morgan fingerprint density at radius 2 is 2.00 bits per heavy atom. The number of halogens is 2. The summed E-state index contributed by atoms with van der Waals surface area (Å²) in [5.74, 6) is 0. The van der Waals surface area contributed by atoms with Gasteiger partial charge in [0.1, 0.15) is 5.15 Å². The van der Waals surface area contributed by atoms with Gasteiger partial charge in [-0.25, -0.2) is 4.98 Å². The summed E-state index contributed by atoms with van der Waals surface area (Å²) in [4.78, 5) is 5.10. The van der Waals surface area contributed by atoms with Crippen molar-refractivity contribution in [3.05, 3.63) is 15.0 Å². The summed E-state index contributed by atoms with van der Waals surface area (Å²) in [7, 11) is 0. The number of hydrogen-bond acceptors (Lipinski definition) is 2. The summed E-state index contributed by atoms with van der Waals surface area (Å²) in [5.41, 5.74) is 0. The number of aryl methyl sites for hydroxylation is 2. The van der Waals surface area contributed by atoms with Gasteiger partial charge in [0.25, 0.3) is 0 Å². The van der Waals surface area contributed by atoms with Crippen molar-refractivity contribution in [1.82, 2.24) is 4.98 Å². The molecule has 0 aromatic carbocycles. The molecule has 0 bridgehead atoms. The highest BCUT2D eigenvalue weighted by atomic mass is 35.5. The average Bonchev–Trinajstić information content (AvgIpc) is 1.85. The van der Waals surface area contributed by atoms with Crippen molar-refractivity contribution in [1.29, 1.82) is 0 Å². The van der Waals surface area contributed by atoms with E-state index in [4.69, 9.17) is 11.6 Å². The van der Waals surface area contributed by atoms with Crippen LogP contribution >= 0.6 is 35.3 Å². The van der Waals surface area contributed by atoms with Crippen molar-refractivity contribution in [3.63, 3.8) is 0 Å². The topological polar surface area (TPSA) is 12.9 Å². The fraction of sp³-hybridized carbons (Fsp3) is 0.400. The molecule has 1 nitrogen and oxygen atoms in total. The molecule has 0 saturated carbocycles. The van der Waals surface area contributed by atoms with Gasteiger partial charge in [-0.1, -0.05) is 11.6 Å². The first kappa shape index (κ1) is 9.21. The zero-order chi connectivity index (χ0) is 6.15. The van der Waals surface area contributed by atoms with E-state index >= 15 is 0 Å². The molecule has 0 aliphatic rings. The quantitative estimate of drug-likeness (QED) is 0.604. The number of aromatic nitrogens is 1. The summed E-state index contributed by atoms with van der Waals surface area (Å²) in [6.07, 6.45) is 0. The smallest absolute Gasteiger partial charge is 0.143 e. The molecule has 0 fully saturated rings. The van der Waals surface area contributed by atoms with Crippen LogP contribution in [0.3, 0.4) is 0 Å². The summed E-state index contributed by atoms with van der Waals surface area (Å²) < 4.78 is 0. The van der Waals surface area contributed by atoms with Crippen molar-refractivity contribution in [2.45, 2.75) is 13.8 Å². The Morgan fingerprint density at radius 3 is 2.11 bits per heavy atom. The molecule has 0 saturated heterocycles. The highest BCUT2D eigenvalue weighted by Gasteiger charge is 1.98. The van der Waals surface area contributed by atoms with Crippen molar-refractivity contribution in [2.75, 3.05) is 0 Å². The second-order valence-corrected chi connectivity index (χ2v) is 3.35. The molecule has 1 aromatic heterocycles. The predicted octanol–water partition coefficient (Wildman–Crippen LogP) is 2.84. The second kappa shape index (κ2) is 3.40. The lowest BCUT2D eigenvalue weighted by Gasteiger charge is -1.74. The molecule has 0 N–H and O–H groups in total. The van der Waals surface area contributed by atoms with Crippen LogP contribution in [0.25, 0.3) is 0 Å². The molecular formula is C5H7Cl2NS. The maximum absolute atomic E-state index is 5.63. The fourth-order valence-electron chi connectivity index (χ4n) is 0.503. The third-order valence-electron chi connectivity index (χ3n) is 0.847. The Balaban J connectivity index is 0.000000640. The molecule has 4 heteroatoms. The third kappa shape index (κ3) is 2.12. The lowest BCUT2D eigenvalue weighted by Crippen LogP contribution is -1.63. The van der Waals surface area contributed by atoms with E-state index in [-0.39, 0.29) is 12.4 Å². The predicted molar refractivity (Wildman–Crippen MR) is 43.8 cm³/mol. The van der Waals surface area contributed by atoms with Crippen LogP contribution in [0, 0.1) is 13.8 Å². The minimum Gasteiger partial charge on any atom is -0.230 e. The summed E-state index contributed by atoms with van der Waals surface area (Å²) >= 11 is 7.25. The van der Waals surface area contributed by atoms with Crippen LogP contribution in [-0.4, -0.2) is 4.98 Å². The summed E-state index contributed by atoms with van der Waals surface area (Å²) in [5, 5.41) is 1.68. The van der Waals surface area contributed by atoms with Crippen LogP contribution < -0.4 is 0 Å². The highest BCUT2D eigenvalue weighted by molar-refractivity contribution is 7.12. The van der Waals surface area contributed by atoms with Crippen LogP contribution in [0.4, 0.5) is 0 Å². The molecule has 1 heterocycles. The van der Waals surface area contributed by atoms with E-state index in [0.717, 1.165) is 9.88 Å². The van der Waals surface area contributed by atoms with Crippen LogP contribution in [0.5, 0.6) is 0 Å². The summed E-state index contributed by atoms with van der Waals surface area (Å²) in [6, 6.07) is 0. The lowest BCUT2D eigenvalue weighted by atomic mass is 10.6. The molecule has 0 spiro atoms. The Morgan fingerprint density at radius 1 is 1.44 bits per heavy atom. The highest BCUT2D eigenvalue weighted by Crippen LogP contribution is 2.19. The molecular weight excluding hydrogens is 177 g/mol. The average molecular weight is 184 g/mol. The Hall–Kier alpha value is 0.210. The minimum absolute atomic E-state index is 0. The third-order valence-corrected chi connectivity index (χ3v) is 2.21. The maximum atomic E-state index is 5.63. The van der Waals surface area contributed by atoms with Crippen molar-refractivity contribution >= 4 is 35.3 Å². The molecule has 0 amide bonds. The SMILES string of the molecule is Cc1nc(Cl)c(C)s1.Cl. The molecule has 0 unspecified atom stereocenters. The number of thiazole rings is 1. The van der Waals surface area contributed by atoms with Crippen LogP contribution in [0.1, 0.15) is 9.88 Å². The molecule has 1 rings (SSSR count). The lowest BCUT2D eigenvalue weighted by molar-refractivity contribution is 1.28. The molecule has 52 valence electrons. The van der Waals surface area contributed by atoms with Gasteiger partial charge < -0.3 is 0 Å². The normalized spacial score (nSPS) is 8.78. The molecule has 9 heavy (non-hydrogen) atoms. The first-order chi connectivity index (χ1) is 3.70. The van der Waals surface area contributed by atoms with E-state index in [1.807, 2.05) is 13.8 Å². The van der Waals surface area contributed by atoms with Gasteiger partial charge in [0.2, 0.25) is 0 Å². The van der Waals surface area contributed by atoms with Gasteiger partial charge in [-0.3, -0.25) is 0 Å². The van der Waals surface area contributed by atoms with E-state index in [0.29, 0.717) is 5.15 Å². The van der Waals surface area contributed by atoms with Crippen molar-refractivity contribution in [2.24, 2.45) is 0 Å². The van der Waals surface area contributed by atoms with E-state index in [2.05, 4.69) is 4.98 Å². The van der Waals surface area contributed by atoms with Crippen LogP contribution in [0.15, 0.2) is 0 Å². The van der Waals surface area contributed by atoms with Gasteiger partial charge in [-0.05, 0) is 13.8 Å². The Kier molecular flexibility index (Phi) is 3.48. The minimum atomic E-state index is 0. The van der Waals surface area contributed by atoms with Gasteiger partial charge in [0.15, 0.2) is 0 Å². The first-order valence-electron chi connectivity index (χ1n) is 2.29. The Labute approximate surface area is 69.5 Å². The number of rotatable bonds is 0. The number of nitrogens with zero attached hydrogens (tertiary/aromatic N) is 1. The zero-order valence-electron chi connectivity index (χ0n) is 5.14. The zero-order valence-corrected chi connectivity index (χ0v) is 7.53. The van der Waals surface area contributed by atoms with Gasteiger partial charge in [0, 0.05) is 4.88 Å². The first-order valence-corrected chi connectivity index (χ1v) is 3.49. The largest absolute Gasteiger partial charge is 0.230 e. The van der Waals surface area contributed by atoms with E-state index < -0.39 is 0 Å². The van der Waals surface area contributed by atoms with E-state index in [1.54, 1.807) is 11.3 Å². The van der Waals surface area contributed by atoms with Crippen LogP contribution in [0.2, 0.25) is 5.15 Å². The molecule has 0 atom stereocenters. The fourth-order valence-corrected chi connectivity index (χ4v) is 1.51. The monoisotopic (exact) mass is 183 g/mol. The van der Waals surface area contributed by atoms with E-state index in [1.165, 1.54) is 0 Å². The van der Waals surface area contributed by atoms with E-state index in [9.17, 15) is 0 Å². The summed E-state index contributed by atoms with van der Waals surface area (Å²) in [6.45, 7) is 3.91. The second-order valence-electron chi connectivity index (χ2n) is 1.58. The van der Waals surface area contributed by atoms with Crippen molar-refractivity contribution < 1.29 is 0 Å². The van der Waals surface area contributed by atoms with Gasteiger partial charge >= 0.3 is 0 Å². The van der Waals surface area contributed by atoms with Crippen LogP contribution in [-0.2, 0) is 0 Å². The van der Waals surface area contributed by atoms with Gasteiger partial charge in [-0.2, -0.15) is 0 Å². The standard InChI is InChI=1S/C5H6ClNS.ClH/c1-3-5(6)7-4(2)8-3;/h1-2H3;1H. The Bertz CT molecular complexity index is 177. The molecule has 1 aromatic rings. The number of hydrogen-bond donors (Lipinski definition) is 0. The maximum Gasteiger partial charge on any atom is 0.143 e. The molecule has 0 aliphatic carbocycles. The molecule has 0 aliphatic heterocycles. The van der Waals surface area contributed by atoms with Gasteiger partial charge in [-0.15, -0.1) is 23.7 Å². The van der Waals surface area contributed by atoms with Gasteiger partial charge in [0.05, 0.1) is 5.01 Å². The molecule has 0 radical (unpaired) electrons. The van der Waals surface area contributed by atoms with Crippen molar-refractivity contribution in [3.8, 4) is 0 Å².